The maximum atomic E-state index is 11.4. The molecule has 1 aromatic heterocycles. The first kappa shape index (κ1) is 12.4. The highest BCUT2D eigenvalue weighted by Gasteiger charge is 2.24. The van der Waals surface area contributed by atoms with Gasteiger partial charge in [-0.3, -0.25) is 19.5 Å². The smallest absolute Gasteiger partial charge is 0.299 e. The van der Waals surface area contributed by atoms with Crippen LogP contribution in [0.15, 0.2) is 17.2 Å². The molecule has 0 spiro atoms. The van der Waals surface area contributed by atoms with E-state index in [1.165, 1.54) is 10.8 Å². The van der Waals surface area contributed by atoms with E-state index in [1.807, 2.05) is 0 Å². The van der Waals surface area contributed by atoms with Crippen LogP contribution in [0.4, 0.5) is 5.69 Å². The van der Waals surface area contributed by atoms with Gasteiger partial charge in [-0.25, -0.2) is 4.79 Å². The maximum Gasteiger partial charge on any atom is 0.347 e. The van der Waals surface area contributed by atoms with E-state index >= 15 is 0 Å². The van der Waals surface area contributed by atoms with Crippen LogP contribution in [0.25, 0.3) is 0 Å². The van der Waals surface area contributed by atoms with Crippen LogP contribution in [0.1, 0.15) is 25.7 Å². The van der Waals surface area contributed by atoms with Gasteiger partial charge in [-0.15, -0.1) is 0 Å². The summed E-state index contributed by atoms with van der Waals surface area (Å²) in [7, 11) is 0. The van der Waals surface area contributed by atoms with E-state index in [2.05, 4.69) is 4.98 Å². The number of aromatic nitrogens is 2. The van der Waals surface area contributed by atoms with Gasteiger partial charge in [0.2, 0.25) is 0 Å². The first-order valence-corrected chi connectivity index (χ1v) is 5.81. The molecule has 1 aromatic rings. The second kappa shape index (κ2) is 5.07. The van der Waals surface area contributed by atoms with Gasteiger partial charge in [-0.2, -0.15) is 4.98 Å². The molecule has 7 heteroatoms. The van der Waals surface area contributed by atoms with E-state index in [4.69, 9.17) is 0 Å². The first-order valence-electron chi connectivity index (χ1n) is 5.81. The fourth-order valence-corrected chi connectivity index (χ4v) is 2.19. The van der Waals surface area contributed by atoms with Crippen molar-refractivity contribution in [2.24, 2.45) is 5.92 Å². The van der Waals surface area contributed by atoms with Crippen molar-refractivity contribution in [1.82, 2.24) is 9.55 Å². The molecular weight excluding hydrogens is 238 g/mol. The van der Waals surface area contributed by atoms with Crippen molar-refractivity contribution in [2.45, 2.75) is 32.2 Å². The molecule has 7 nitrogen and oxygen atoms in total. The number of ketones is 1. The minimum atomic E-state index is -0.594. The zero-order chi connectivity index (χ0) is 13.1. The van der Waals surface area contributed by atoms with Crippen molar-refractivity contribution in [3.63, 3.8) is 0 Å². The Hall–Kier alpha value is -2.05. The minimum absolute atomic E-state index is 0.0174. The molecule has 0 saturated heterocycles. The predicted molar refractivity (Wildman–Crippen MR) is 62.1 cm³/mol. The van der Waals surface area contributed by atoms with Crippen LogP contribution in [0.3, 0.4) is 0 Å². The second-order valence-electron chi connectivity index (χ2n) is 4.39. The van der Waals surface area contributed by atoms with Gasteiger partial charge in [0.25, 0.3) is 0 Å². The number of carbonyl (C=O) groups excluding carboxylic acids is 1. The maximum absolute atomic E-state index is 11.4. The van der Waals surface area contributed by atoms with Gasteiger partial charge in [0, 0.05) is 18.9 Å². The lowest BCUT2D eigenvalue weighted by Crippen LogP contribution is -2.24. The fraction of sp³-hybridized carbons (Fsp3) is 0.545. The van der Waals surface area contributed by atoms with Crippen molar-refractivity contribution in [2.75, 3.05) is 0 Å². The molecule has 1 unspecified atom stereocenters. The Morgan fingerprint density at radius 3 is 2.89 bits per heavy atom. The summed E-state index contributed by atoms with van der Waals surface area (Å²) in [6.45, 7) is 0.296. The molecule has 0 radical (unpaired) electrons. The van der Waals surface area contributed by atoms with Crippen LogP contribution in [0, 0.1) is 16.0 Å². The summed E-state index contributed by atoms with van der Waals surface area (Å²) in [6.07, 6.45) is 5.00. The lowest BCUT2D eigenvalue weighted by atomic mass is 10.0. The Balaban J connectivity index is 2.08. The molecule has 1 saturated carbocycles. The van der Waals surface area contributed by atoms with Crippen LogP contribution in [0.2, 0.25) is 0 Å². The Kier molecular flexibility index (Phi) is 3.50. The number of carbonyl (C=O) groups is 1. The number of nitrogens with zero attached hydrogens (tertiary/aromatic N) is 3. The third-order valence-electron chi connectivity index (χ3n) is 3.20. The molecule has 1 aliphatic carbocycles. The highest BCUT2D eigenvalue weighted by molar-refractivity contribution is 5.82. The molecular formula is C11H13N3O4. The van der Waals surface area contributed by atoms with Crippen molar-refractivity contribution in [3.05, 3.63) is 33.0 Å². The highest BCUT2D eigenvalue weighted by Crippen LogP contribution is 2.24. The number of rotatable bonds is 4. The summed E-state index contributed by atoms with van der Waals surface area (Å²) in [5.74, 6) is 0.206. The average molecular weight is 251 g/mol. The van der Waals surface area contributed by atoms with Gasteiger partial charge in [0.1, 0.15) is 12.0 Å². The molecule has 1 heterocycles. The van der Waals surface area contributed by atoms with Crippen molar-refractivity contribution in [1.29, 1.82) is 0 Å². The number of hydrogen-bond acceptors (Lipinski definition) is 5. The zero-order valence-corrected chi connectivity index (χ0v) is 9.74. The van der Waals surface area contributed by atoms with Crippen LogP contribution < -0.4 is 5.69 Å². The zero-order valence-electron chi connectivity index (χ0n) is 9.74. The SMILES string of the molecule is O=C1CCCC1CCn1cc([N+](=O)[O-])cnc1=O. The summed E-state index contributed by atoms with van der Waals surface area (Å²) >= 11 is 0. The minimum Gasteiger partial charge on any atom is -0.299 e. The van der Waals surface area contributed by atoms with Gasteiger partial charge in [-0.1, -0.05) is 0 Å². The lowest BCUT2D eigenvalue weighted by Gasteiger charge is -2.08. The number of aryl methyl sites for hydroxylation is 1. The Labute approximate surface area is 103 Å². The van der Waals surface area contributed by atoms with Crippen LogP contribution >= 0.6 is 0 Å². The fourth-order valence-electron chi connectivity index (χ4n) is 2.19. The van der Waals surface area contributed by atoms with Gasteiger partial charge in [0.05, 0.1) is 11.1 Å². The van der Waals surface area contributed by atoms with E-state index < -0.39 is 10.6 Å². The standard InChI is InChI=1S/C11H13N3O4/c15-10-3-1-2-8(10)4-5-13-7-9(14(17)18)6-12-11(13)16/h6-8H,1-5H2. The molecule has 0 aliphatic heterocycles. The highest BCUT2D eigenvalue weighted by atomic mass is 16.6. The molecule has 96 valence electrons. The number of nitro groups is 1. The monoisotopic (exact) mass is 251 g/mol. The van der Waals surface area contributed by atoms with Gasteiger partial charge in [-0.05, 0) is 19.3 Å². The number of hydrogen-bond donors (Lipinski definition) is 0. The molecule has 2 rings (SSSR count). The molecule has 0 aromatic carbocycles. The van der Waals surface area contributed by atoms with E-state index in [0.29, 0.717) is 19.4 Å². The van der Waals surface area contributed by atoms with Crippen LogP contribution in [-0.4, -0.2) is 20.3 Å². The molecule has 0 N–H and O–H groups in total. The van der Waals surface area contributed by atoms with E-state index in [1.54, 1.807) is 0 Å². The second-order valence-corrected chi connectivity index (χ2v) is 4.39. The van der Waals surface area contributed by atoms with E-state index in [0.717, 1.165) is 19.0 Å². The third kappa shape index (κ3) is 2.61. The van der Waals surface area contributed by atoms with Crippen LogP contribution in [-0.2, 0) is 11.3 Å². The number of Topliss-reactive ketones (excluding diaryl/α,β-unsaturated/α-hetero) is 1. The van der Waals surface area contributed by atoms with Crippen molar-refractivity contribution >= 4 is 11.5 Å². The summed E-state index contributed by atoms with van der Waals surface area (Å²) in [5.41, 5.74) is -0.738. The molecule has 0 amide bonds. The third-order valence-corrected chi connectivity index (χ3v) is 3.20. The van der Waals surface area contributed by atoms with Gasteiger partial charge >= 0.3 is 11.4 Å². The van der Waals surface area contributed by atoms with Gasteiger partial charge in [0.15, 0.2) is 0 Å². The first-order chi connectivity index (χ1) is 8.58. The largest absolute Gasteiger partial charge is 0.347 e. The van der Waals surface area contributed by atoms with E-state index in [-0.39, 0.29) is 17.4 Å². The topological polar surface area (TPSA) is 95.1 Å². The summed E-state index contributed by atoms with van der Waals surface area (Å²) in [4.78, 5) is 36.3. The predicted octanol–water partition coefficient (Wildman–Crippen LogP) is 0.911. The summed E-state index contributed by atoms with van der Waals surface area (Å²) in [5, 5.41) is 10.6. The van der Waals surface area contributed by atoms with E-state index in [9.17, 15) is 19.7 Å². The summed E-state index contributed by atoms with van der Waals surface area (Å²) < 4.78 is 1.20. The Bertz CT molecular complexity index is 537. The average Bonchev–Trinajstić information content (AvgIpc) is 2.73. The van der Waals surface area contributed by atoms with Gasteiger partial charge < -0.3 is 0 Å². The van der Waals surface area contributed by atoms with Crippen molar-refractivity contribution < 1.29 is 9.72 Å². The summed E-state index contributed by atoms with van der Waals surface area (Å²) in [6, 6.07) is 0. The van der Waals surface area contributed by atoms with Crippen LogP contribution in [0.5, 0.6) is 0 Å². The molecule has 1 atom stereocenters. The lowest BCUT2D eigenvalue weighted by molar-refractivity contribution is -0.385. The van der Waals surface area contributed by atoms with Crippen molar-refractivity contribution in [3.8, 4) is 0 Å². The molecule has 1 fully saturated rings. The molecule has 0 bridgehead atoms. The Morgan fingerprint density at radius 1 is 1.50 bits per heavy atom. The normalized spacial score (nSPS) is 19.1. The Morgan fingerprint density at radius 2 is 2.28 bits per heavy atom. The molecule has 1 aliphatic rings. The quantitative estimate of drug-likeness (QED) is 0.585. The molecule has 18 heavy (non-hydrogen) atoms.